The number of hydrogen-bond acceptors (Lipinski definition) is 3. The smallest absolute Gasteiger partial charge is 0.0426 e. The number of piperazine rings is 1. The second-order valence-corrected chi connectivity index (χ2v) is 6.29. The summed E-state index contributed by atoms with van der Waals surface area (Å²) in [5.41, 5.74) is 1.26. The van der Waals surface area contributed by atoms with E-state index in [1.54, 1.807) is 0 Å². The SMILES string of the molecule is Clc1cccc(N2CCN(C3CCCCNC3)CC2)c1. The van der Waals surface area contributed by atoms with Crippen LogP contribution in [0.4, 0.5) is 5.69 Å². The summed E-state index contributed by atoms with van der Waals surface area (Å²) in [5, 5.41) is 4.40. The van der Waals surface area contributed by atoms with Crippen molar-refractivity contribution in [3.05, 3.63) is 29.3 Å². The summed E-state index contributed by atoms with van der Waals surface area (Å²) in [7, 11) is 0. The van der Waals surface area contributed by atoms with E-state index >= 15 is 0 Å². The Hall–Kier alpha value is -0.770. The first-order valence-electron chi connectivity index (χ1n) is 7.78. The highest BCUT2D eigenvalue weighted by Crippen LogP contribution is 2.22. The maximum Gasteiger partial charge on any atom is 0.0426 e. The van der Waals surface area contributed by atoms with Gasteiger partial charge in [-0.2, -0.15) is 0 Å². The highest BCUT2D eigenvalue weighted by Gasteiger charge is 2.24. The minimum atomic E-state index is 0.735. The van der Waals surface area contributed by atoms with E-state index < -0.39 is 0 Å². The summed E-state index contributed by atoms with van der Waals surface area (Å²) >= 11 is 6.09. The topological polar surface area (TPSA) is 18.5 Å². The molecule has 1 N–H and O–H groups in total. The average Bonchev–Trinajstić information content (AvgIpc) is 2.76. The van der Waals surface area contributed by atoms with Gasteiger partial charge in [0.15, 0.2) is 0 Å². The number of benzene rings is 1. The first-order valence-corrected chi connectivity index (χ1v) is 8.16. The van der Waals surface area contributed by atoms with Gasteiger partial charge in [-0.3, -0.25) is 4.90 Å². The molecule has 2 aliphatic rings. The molecule has 1 aromatic carbocycles. The molecule has 4 heteroatoms. The third-order valence-corrected chi connectivity index (χ3v) is 4.76. The molecule has 1 unspecified atom stereocenters. The Bertz CT molecular complexity index is 421. The molecule has 2 fully saturated rings. The summed E-state index contributed by atoms with van der Waals surface area (Å²) in [6.45, 7) is 6.90. The minimum absolute atomic E-state index is 0.735. The van der Waals surface area contributed by atoms with E-state index in [2.05, 4.69) is 27.2 Å². The van der Waals surface area contributed by atoms with Crippen LogP contribution < -0.4 is 10.2 Å². The number of nitrogens with zero attached hydrogens (tertiary/aromatic N) is 2. The van der Waals surface area contributed by atoms with E-state index in [-0.39, 0.29) is 0 Å². The fourth-order valence-corrected chi connectivity index (χ4v) is 3.51. The zero-order valence-corrected chi connectivity index (χ0v) is 12.8. The maximum absolute atomic E-state index is 6.09. The highest BCUT2D eigenvalue weighted by molar-refractivity contribution is 6.30. The average molecular weight is 294 g/mol. The van der Waals surface area contributed by atoms with Gasteiger partial charge in [0.1, 0.15) is 0 Å². The van der Waals surface area contributed by atoms with Gasteiger partial charge >= 0.3 is 0 Å². The predicted molar refractivity (Wildman–Crippen MR) is 85.7 cm³/mol. The summed E-state index contributed by atoms with van der Waals surface area (Å²) in [5.74, 6) is 0. The molecule has 0 aliphatic carbocycles. The molecule has 3 nitrogen and oxygen atoms in total. The molecule has 0 aromatic heterocycles. The second-order valence-electron chi connectivity index (χ2n) is 5.86. The number of hydrogen-bond donors (Lipinski definition) is 1. The molecule has 0 bridgehead atoms. The van der Waals surface area contributed by atoms with Crippen molar-refractivity contribution in [3.63, 3.8) is 0 Å². The summed E-state index contributed by atoms with van der Waals surface area (Å²) in [4.78, 5) is 5.12. The second kappa shape index (κ2) is 6.79. The fraction of sp³-hybridized carbons (Fsp3) is 0.625. The van der Waals surface area contributed by atoms with Crippen molar-refractivity contribution in [1.82, 2.24) is 10.2 Å². The molecule has 0 amide bonds. The Balaban J connectivity index is 1.56. The van der Waals surface area contributed by atoms with Gasteiger partial charge in [0.25, 0.3) is 0 Å². The Labute approximate surface area is 126 Å². The molecule has 0 radical (unpaired) electrons. The van der Waals surface area contributed by atoms with Crippen molar-refractivity contribution >= 4 is 17.3 Å². The van der Waals surface area contributed by atoms with Crippen LogP contribution in [0.25, 0.3) is 0 Å². The van der Waals surface area contributed by atoms with Crippen LogP contribution in [0.15, 0.2) is 24.3 Å². The van der Waals surface area contributed by atoms with Gasteiger partial charge in [-0.1, -0.05) is 24.1 Å². The molecule has 1 atom stereocenters. The number of nitrogens with one attached hydrogen (secondary N) is 1. The lowest BCUT2D eigenvalue weighted by Gasteiger charge is -2.40. The lowest BCUT2D eigenvalue weighted by Crippen LogP contribution is -2.52. The standard InChI is InChI=1S/C16H24ClN3/c17-14-4-3-6-15(12-14)19-8-10-20(11-9-19)16-5-1-2-7-18-13-16/h3-4,6,12,16,18H,1-2,5,7-11,13H2. The Morgan fingerprint density at radius 1 is 1.10 bits per heavy atom. The van der Waals surface area contributed by atoms with Gasteiger partial charge in [-0.15, -0.1) is 0 Å². The van der Waals surface area contributed by atoms with E-state index in [1.165, 1.54) is 44.6 Å². The van der Waals surface area contributed by atoms with Gasteiger partial charge < -0.3 is 10.2 Å². The third kappa shape index (κ3) is 3.46. The van der Waals surface area contributed by atoms with E-state index in [9.17, 15) is 0 Å². The lowest BCUT2D eigenvalue weighted by molar-refractivity contribution is 0.177. The first-order chi connectivity index (χ1) is 9.83. The molecule has 2 heterocycles. The van der Waals surface area contributed by atoms with Crippen molar-refractivity contribution < 1.29 is 0 Å². The van der Waals surface area contributed by atoms with Gasteiger partial charge in [-0.05, 0) is 37.6 Å². The van der Waals surface area contributed by atoms with Gasteiger partial charge in [0, 0.05) is 49.5 Å². The molecule has 0 spiro atoms. The summed E-state index contributed by atoms with van der Waals surface area (Å²) in [6.07, 6.45) is 4.05. The van der Waals surface area contributed by atoms with Crippen molar-refractivity contribution in [2.24, 2.45) is 0 Å². The van der Waals surface area contributed by atoms with Crippen LogP contribution in [0.5, 0.6) is 0 Å². The largest absolute Gasteiger partial charge is 0.369 e. The zero-order chi connectivity index (χ0) is 13.8. The van der Waals surface area contributed by atoms with E-state index in [0.717, 1.165) is 30.7 Å². The molecule has 2 saturated heterocycles. The summed E-state index contributed by atoms with van der Waals surface area (Å²) < 4.78 is 0. The molecular formula is C16H24ClN3. The molecule has 1 aromatic rings. The molecule has 20 heavy (non-hydrogen) atoms. The van der Waals surface area contributed by atoms with Crippen molar-refractivity contribution in [2.75, 3.05) is 44.2 Å². The quantitative estimate of drug-likeness (QED) is 0.904. The van der Waals surface area contributed by atoms with Crippen LogP contribution in [0.3, 0.4) is 0 Å². The Morgan fingerprint density at radius 3 is 2.75 bits per heavy atom. The third-order valence-electron chi connectivity index (χ3n) is 4.52. The van der Waals surface area contributed by atoms with E-state index in [4.69, 9.17) is 11.6 Å². The normalized spacial score (nSPS) is 25.4. The van der Waals surface area contributed by atoms with Crippen LogP contribution in [-0.2, 0) is 0 Å². The van der Waals surface area contributed by atoms with Gasteiger partial charge in [-0.25, -0.2) is 0 Å². The van der Waals surface area contributed by atoms with E-state index in [0.29, 0.717) is 0 Å². The van der Waals surface area contributed by atoms with Crippen LogP contribution >= 0.6 is 11.6 Å². The fourth-order valence-electron chi connectivity index (χ4n) is 3.33. The minimum Gasteiger partial charge on any atom is -0.369 e. The van der Waals surface area contributed by atoms with Crippen LogP contribution in [0.2, 0.25) is 5.02 Å². The monoisotopic (exact) mass is 293 g/mol. The molecule has 3 rings (SSSR count). The van der Waals surface area contributed by atoms with Crippen LogP contribution in [0.1, 0.15) is 19.3 Å². The summed E-state index contributed by atoms with van der Waals surface area (Å²) in [6, 6.07) is 8.95. The van der Waals surface area contributed by atoms with Crippen LogP contribution in [0, 0.1) is 0 Å². The number of halogens is 1. The zero-order valence-electron chi connectivity index (χ0n) is 12.0. The molecule has 2 aliphatic heterocycles. The molecular weight excluding hydrogens is 270 g/mol. The van der Waals surface area contributed by atoms with Crippen molar-refractivity contribution in [2.45, 2.75) is 25.3 Å². The predicted octanol–water partition coefficient (Wildman–Crippen LogP) is 2.60. The van der Waals surface area contributed by atoms with Crippen LogP contribution in [-0.4, -0.2) is 50.2 Å². The first kappa shape index (κ1) is 14.2. The lowest BCUT2D eigenvalue weighted by atomic mass is 10.1. The van der Waals surface area contributed by atoms with Crippen molar-refractivity contribution in [1.29, 1.82) is 0 Å². The van der Waals surface area contributed by atoms with Gasteiger partial charge in [0.2, 0.25) is 0 Å². The molecule has 0 saturated carbocycles. The van der Waals surface area contributed by atoms with E-state index in [1.807, 2.05) is 12.1 Å². The number of rotatable bonds is 2. The van der Waals surface area contributed by atoms with Crippen molar-refractivity contribution in [3.8, 4) is 0 Å². The van der Waals surface area contributed by atoms with Gasteiger partial charge in [0.05, 0.1) is 0 Å². The molecule has 110 valence electrons. The maximum atomic E-state index is 6.09. The highest BCUT2D eigenvalue weighted by atomic mass is 35.5. The Kier molecular flexibility index (Phi) is 4.81. The number of anilines is 1. The Morgan fingerprint density at radius 2 is 1.95 bits per heavy atom.